The van der Waals surface area contributed by atoms with Gasteiger partial charge in [0.25, 0.3) is 0 Å². The smallest absolute Gasteiger partial charge is 0.231 e. The fraction of sp³-hybridized carbons (Fsp3) is 0.200. The zero-order chi connectivity index (χ0) is 17.9. The first kappa shape index (κ1) is 16.2. The SMILES string of the molecule is Cc1cc(NCc2ccccc2C)nc(Nc2ccc3c(c2)OCO3)n1. The Labute approximate surface area is 152 Å². The third-order valence-electron chi connectivity index (χ3n) is 4.20. The van der Waals surface area contributed by atoms with Crippen molar-refractivity contribution in [1.82, 2.24) is 9.97 Å². The molecule has 4 rings (SSSR count). The molecular formula is C20H20N4O2. The summed E-state index contributed by atoms with van der Waals surface area (Å²) < 4.78 is 10.7. The first-order valence-electron chi connectivity index (χ1n) is 8.48. The van der Waals surface area contributed by atoms with E-state index in [1.807, 2.05) is 43.3 Å². The maximum atomic E-state index is 5.41. The van der Waals surface area contributed by atoms with Gasteiger partial charge < -0.3 is 20.1 Å². The van der Waals surface area contributed by atoms with E-state index in [4.69, 9.17) is 9.47 Å². The van der Waals surface area contributed by atoms with Crippen molar-refractivity contribution >= 4 is 17.5 Å². The van der Waals surface area contributed by atoms with E-state index < -0.39 is 0 Å². The Morgan fingerprint density at radius 2 is 1.81 bits per heavy atom. The average Bonchev–Trinajstić information content (AvgIpc) is 3.08. The minimum absolute atomic E-state index is 0.257. The molecule has 0 saturated carbocycles. The molecule has 3 aromatic rings. The summed E-state index contributed by atoms with van der Waals surface area (Å²) in [5, 5.41) is 6.60. The Morgan fingerprint density at radius 3 is 2.69 bits per heavy atom. The second-order valence-corrected chi connectivity index (χ2v) is 6.19. The van der Waals surface area contributed by atoms with Crippen LogP contribution in [-0.2, 0) is 6.54 Å². The number of aryl methyl sites for hydroxylation is 2. The number of anilines is 3. The van der Waals surface area contributed by atoms with Gasteiger partial charge in [-0.3, -0.25) is 0 Å². The molecule has 0 aliphatic carbocycles. The standard InChI is InChI=1S/C20H20N4O2/c1-13-5-3-4-6-15(13)11-21-19-9-14(2)22-20(24-19)23-16-7-8-17-18(10-16)26-12-25-17/h3-10H,11-12H2,1-2H3,(H2,21,22,23,24). The van der Waals surface area contributed by atoms with Crippen molar-refractivity contribution in [3.8, 4) is 11.5 Å². The van der Waals surface area contributed by atoms with Crippen molar-refractivity contribution in [1.29, 1.82) is 0 Å². The number of aromatic nitrogens is 2. The number of hydrogen-bond acceptors (Lipinski definition) is 6. The van der Waals surface area contributed by atoms with E-state index in [2.05, 4.69) is 39.7 Å². The van der Waals surface area contributed by atoms with Crippen LogP contribution in [0.4, 0.5) is 17.5 Å². The molecule has 2 N–H and O–H groups in total. The summed E-state index contributed by atoms with van der Waals surface area (Å²) in [5.41, 5.74) is 4.23. The van der Waals surface area contributed by atoms with Crippen LogP contribution in [0, 0.1) is 13.8 Å². The molecule has 0 fully saturated rings. The second-order valence-electron chi connectivity index (χ2n) is 6.19. The third kappa shape index (κ3) is 3.54. The summed E-state index contributed by atoms with van der Waals surface area (Å²) >= 11 is 0. The van der Waals surface area contributed by atoms with Crippen LogP contribution in [0.25, 0.3) is 0 Å². The number of hydrogen-bond donors (Lipinski definition) is 2. The van der Waals surface area contributed by atoms with Gasteiger partial charge in [0.15, 0.2) is 11.5 Å². The molecule has 0 atom stereocenters. The van der Waals surface area contributed by atoms with Gasteiger partial charge in [-0.15, -0.1) is 0 Å². The van der Waals surface area contributed by atoms with Crippen molar-refractivity contribution in [3.05, 3.63) is 65.4 Å². The second kappa shape index (κ2) is 6.92. The lowest BCUT2D eigenvalue weighted by Crippen LogP contribution is -2.06. The maximum Gasteiger partial charge on any atom is 0.231 e. The lowest BCUT2D eigenvalue weighted by molar-refractivity contribution is 0.174. The minimum Gasteiger partial charge on any atom is -0.454 e. The number of fused-ring (bicyclic) bond motifs is 1. The zero-order valence-corrected chi connectivity index (χ0v) is 14.7. The van der Waals surface area contributed by atoms with Crippen LogP contribution in [-0.4, -0.2) is 16.8 Å². The molecular weight excluding hydrogens is 328 g/mol. The molecule has 0 amide bonds. The molecule has 26 heavy (non-hydrogen) atoms. The highest BCUT2D eigenvalue weighted by Gasteiger charge is 2.13. The zero-order valence-electron chi connectivity index (χ0n) is 14.7. The predicted molar refractivity (Wildman–Crippen MR) is 101 cm³/mol. The molecule has 2 aromatic carbocycles. The van der Waals surface area contributed by atoms with Crippen molar-refractivity contribution in [3.63, 3.8) is 0 Å². The predicted octanol–water partition coefficient (Wildman–Crippen LogP) is 4.18. The van der Waals surface area contributed by atoms with Gasteiger partial charge in [-0.05, 0) is 37.1 Å². The molecule has 1 aliphatic heterocycles. The van der Waals surface area contributed by atoms with Gasteiger partial charge in [0, 0.05) is 30.1 Å². The number of benzene rings is 2. The van der Waals surface area contributed by atoms with Gasteiger partial charge in [0.05, 0.1) is 0 Å². The first-order valence-corrected chi connectivity index (χ1v) is 8.48. The molecule has 0 radical (unpaired) electrons. The number of rotatable bonds is 5. The maximum absolute atomic E-state index is 5.41. The summed E-state index contributed by atoms with van der Waals surface area (Å²) in [6.07, 6.45) is 0. The van der Waals surface area contributed by atoms with E-state index >= 15 is 0 Å². The molecule has 0 unspecified atom stereocenters. The Bertz CT molecular complexity index is 943. The van der Waals surface area contributed by atoms with Gasteiger partial charge in [0.2, 0.25) is 12.7 Å². The van der Waals surface area contributed by atoms with Gasteiger partial charge >= 0.3 is 0 Å². The van der Waals surface area contributed by atoms with Crippen LogP contribution < -0.4 is 20.1 Å². The molecule has 0 spiro atoms. The monoisotopic (exact) mass is 348 g/mol. The molecule has 1 aromatic heterocycles. The minimum atomic E-state index is 0.257. The summed E-state index contributed by atoms with van der Waals surface area (Å²) in [5.74, 6) is 2.79. The fourth-order valence-corrected chi connectivity index (χ4v) is 2.81. The van der Waals surface area contributed by atoms with Gasteiger partial charge in [-0.2, -0.15) is 4.98 Å². The Balaban J connectivity index is 1.50. The van der Waals surface area contributed by atoms with Crippen LogP contribution in [0.15, 0.2) is 48.5 Å². The first-order chi connectivity index (χ1) is 12.7. The van der Waals surface area contributed by atoms with Crippen LogP contribution in [0.3, 0.4) is 0 Å². The molecule has 1 aliphatic rings. The van der Waals surface area contributed by atoms with Crippen LogP contribution in [0.1, 0.15) is 16.8 Å². The molecule has 6 nitrogen and oxygen atoms in total. The number of nitrogens with zero attached hydrogens (tertiary/aromatic N) is 2. The highest BCUT2D eigenvalue weighted by Crippen LogP contribution is 2.34. The Kier molecular flexibility index (Phi) is 4.31. The van der Waals surface area contributed by atoms with Crippen LogP contribution in [0.5, 0.6) is 11.5 Å². The molecule has 132 valence electrons. The highest BCUT2D eigenvalue weighted by atomic mass is 16.7. The molecule has 0 bridgehead atoms. The lowest BCUT2D eigenvalue weighted by atomic mass is 10.1. The van der Waals surface area contributed by atoms with Gasteiger partial charge in [-0.25, -0.2) is 4.98 Å². The van der Waals surface area contributed by atoms with Crippen LogP contribution >= 0.6 is 0 Å². The lowest BCUT2D eigenvalue weighted by Gasteiger charge is -2.11. The highest BCUT2D eigenvalue weighted by molar-refractivity contribution is 5.61. The topological polar surface area (TPSA) is 68.3 Å². The summed E-state index contributed by atoms with van der Waals surface area (Å²) in [7, 11) is 0. The molecule has 2 heterocycles. The van der Waals surface area contributed by atoms with E-state index in [-0.39, 0.29) is 6.79 Å². The van der Waals surface area contributed by atoms with Gasteiger partial charge in [0.1, 0.15) is 5.82 Å². The van der Waals surface area contributed by atoms with Crippen molar-refractivity contribution in [2.24, 2.45) is 0 Å². The van der Waals surface area contributed by atoms with Crippen molar-refractivity contribution in [2.75, 3.05) is 17.4 Å². The Morgan fingerprint density at radius 1 is 0.962 bits per heavy atom. The Hall–Kier alpha value is -3.28. The van der Waals surface area contributed by atoms with E-state index in [0.717, 1.165) is 28.7 Å². The quantitative estimate of drug-likeness (QED) is 0.721. The van der Waals surface area contributed by atoms with E-state index in [1.165, 1.54) is 11.1 Å². The summed E-state index contributed by atoms with van der Waals surface area (Å²) in [6, 6.07) is 15.9. The summed E-state index contributed by atoms with van der Waals surface area (Å²) in [4.78, 5) is 9.02. The number of nitrogens with one attached hydrogen (secondary N) is 2. The van der Waals surface area contributed by atoms with E-state index in [1.54, 1.807) is 0 Å². The van der Waals surface area contributed by atoms with Gasteiger partial charge in [-0.1, -0.05) is 24.3 Å². The fourth-order valence-electron chi connectivity index (χ4n) is 2.81. The molecule has 6 heteroatoms. The normalized spacial score (nSPS) is 12.1. The van der Waals surface area contributed by atoms with Crippen LogP contribution in [0.2, 0.25) is 0 Å². The molecule has 0 saturated heterocycles. The van der Waals surface area contributed by atoms with Crippen molar-refractivity contribution in [2.45, 2.75) is 20.4 Å². The van der Waals surface area contributed by atoms with E-state index in [0.29, 0.717) is 12.5 Å². The average molecular weight is 348 g/mol. The number of ether oxygens (including phenoxy) is 2. The summed E-state index contributed by atoms with van der Waals surface area (Å²) in [6.45, 7) is 5.03. The largest absolute Gasteiger partial charge is 0.454 e. The van der Waals surface area contributed by atoms with E-state index in [9.17, 15) is 0 Å². The third-order valence-corrected chi connectivity index (χ3v) is 4.20. The van der Waals surface area contributed by atoms with Crippen molar-refractivity contribution < 1.29 is 9.47 Å².